The molecule has 0 amide bonds. The smallest absolute Gasteiger partial charge is 0.335 e. The summed E-state index contributed by atoms with van der Waals surface area (Å²) in [6, 6.07) is 20.1. The Morgan fingerprint density at radius 2 is 1.67 bits per heavy atom. The molecule has 1 aliphatic rings. The summed E-state index contributed by atoms with van der Waals surface area (Å²) >= 11 is 0. The summed E-state index contributed by atoms with van der Waals surface area (Å²) < 4.78 is 35.0. The van der Waals surface area contributed by atoms with Crippen molar-refractivity contribution in [3.63, 3.8) is 0 Å². The van der Waals surface area contributed by atoms with Crippen molar-refractivity contribution in [2.45, 2.75) is 45.4 Å². The zero-order valence-corrected chi connectivity index (χ0v) is 19.1. The predicted molar refractivity (Wildman–Crippen MR) is 113 cm³/mol. The minimum absolute atomic E-state index is 0.323. The van der Waals surface area contributed by atoms with E-state index in [0.29, 0.717) is 5.56 Å². The molecule has 0 bridgehead atoms. The first-order valence-corrected chi connectivity index (χ1v) is 12.1. The van der Waals surface area contributed by atoms with Crippen LogP contribution < -0.4 is 18.5 Å². The first-order chi connectivity index (χ1) is 15.7. The van der Waals surface area contributed by atoms with Gasteiger partial charge in [-0.15, -0.1) is 0 Å². The Morgan fingerprint density at radius 1 is 1.00 bits per heavy atom. The van der Waals surface area contributed by atoms with E-state index in [9.17, 15) is 9.90 Å². The number of benzene rings is 2. The van der Waals surface area contributed by atoms with Crippen LogP contribution in [0.4, 0.5) is 0 Å². The van der Waals surface area contributed by atoms with Gasteiger partial charge in [-0.2, -0.15) is 18.5 Å². The number of pyridine rings is 1. The third kappa shape index (κ3) is 6.60. The Bertz CT molecular complexity index is 1110. The minimum atomic E-state index is -4.69. The SMILES string of the molecule is CCCc1c2c(cc(-c3ccccc3)[n+]1-c1cccc(C(=O)O)c1)CCCC2.[O-][Cl+3]([O-])([O-])O. The number of halogens is 1. The van der Waals surface area contributed by atoms with Gasteiger partial charge in [-0.1, -0.05) is 31.2 Å². The van der Waals surface area contributed by atoms with E-state index in [4.69, 9.17) is 18.6 Å². The fraction of sp³-hybridized carbons (Fsp3) is 0.280. The highest BCUT2D eigenvalue weighted by molar-refractivity contribution is 5.88. The van der Waals surface area contributed by atoms with Crippen LogP contribution in [0.15, 0.2) is 60.7 Å². The number of aryl methyl sites for hydroxylation is 1. The third-order valence-electron chi connectivity index (χ3n) is 5.59. The lowest BCUT2D eigenvalue weighted by Gasteiger charge is -2.20. The monoisotopic (exact) mass is 472 g/mol. The Hall–Kier alpha value is -2.81. The zero-order chi connectivity index (χ0) is 24.0. The van der Waals surface area contributed by atoms with E-state index < -0.39 is 16.2 Å². The summed E-state index contributed by atoms with van der Waals surface area (Å²) in [6.45, 7) is 2.21. The maximum absolute atomic E-state index is 11.6. The highest BCUT2D eigenvalue weighted by Crippen LogP contribution is 2.29. The van der Waals surface area contributed by atoms with Crippen LogP contribution in [-0.4, -0.2) is 15.7 Å². The van der Waals surface area contributed by atoms with Crippen LogP contribution in [0.3, 0.4) is 0 Å². The molecular formula is C25H27ClNO6+. The van der Waals surface area contributed by atoms with Crippen LogP contribution in [-0.2, 0) is 19.3 Å². The number of carbonyl (C=O) groups is 1. The van der Waals surface area contributed by atoms with Crippen molar-refractivity contribution in [3.05, 3.63) is 83.0 Å². The highest BCUT2D eigenvalue weighted by Gasteiger charge is 2.29. The summed E-state index contributed by atoms with van der Waals surface area (Å²) in [6.07, 6.45) is 6.75. The van der Waals surface area contributed by atoms with Gasteiger partial charge in [0, 0.05) is 35.7 Å². The van der Waals surface area contributed by atoms with Crippen LogP contribution in [0.25, 0.3) is 16.9 Å². The van der Waals surface area contributed by atoms with Gasteiger partial charge in [-0.25, -0.2) is 4.79 Å². The molecule has 0 aliphatic heterocycles. The number of carboxylic acid groups (broad SMARTS) is 1. The van der Waals surface area contributed by atoms with E-state index >= 15 is 0 Å². The van der Waals surface area contributed by atoms with E-state index in [-0.39, 0.29) is 0 Å². The number of hydrogen-bond acceptors (Lipinski definition) is 5. The van der Waals surface area contributed by atoms with Gasteiger partial charge in [-0.3, -0.25) is 0 Å². The Labute approximate surface area is 194 Å². The van der Waals surface area contributed by atoms with Crippen LogP contribution in [0.2, 0.25) is 0 Å². The van der Waals surface area contributed by atoms with E-state index in [1.54, 1.807) is 12.1 Å². The summed E-state index contributed by atoms with van der Waals surface area (Å²) in [5, 5.41) is 9.50. The molecule has 0 saturated heterocycles. The average molecular weight is 473 g/mol. The number of fused-ring (bicyclic) bond motifs is 1. The van der Waals surface area contributed by atoms with E-state index in [1.165, 1.54) is 29.7 Å². The minimum Gasteiger partial charge on any atom is -0.478 e. The number of hydrogen-bond donors (Lipinski definition) is 2. The van der Waals surface area contributed by atoms with Crippen molar-refractivity contribution < 1.29 is 43.3 Å². The molecule has 33 heavy (non-hydrogen) atoms. The van der Waals surface area contributed by atoms with E-state index in [1.807, 2.05) is 18.2 Å². The Balaban J connectivity index is 0.000000555. The number of rotatable bonds is 5. The number of nitrogens with zero attached hydrogens (tertiary/aromatic N) is 1. The third-order valence-corrected chi connectivity index (χ3v) is 5.59. The molecule has 0 radical (unpaired) electrons. The largest absolute Gasteiger partial charge is 0.478 e. The van der Waals surface area contributed by atoms with Gasteiger partial charge in [0.05, 0.1) is 20.5 Å². The molecular weight excluding hydrogens is 446 g/mol. The Kier molecular flexibility index (Phi) is 8.18. The topological polar surface area (TPSA) is 131 Å². The maximum Gasteiger partial charge on any atom is 0.335 e. The number of aromatic nitrogens is 1. The summed E-state index contributed by atoms with van der Waals surface area (Å²) in [5.41, 5.74) is 7.81. The quantitative estimate of drug-likeness (QED) is 0.533. The van der Waals surface area contributed by atoms with Crippen molar-refractivity contribution in [2.24, 2.45) is 0 Å². The van der Waals surface area contributed by atoms with E-state index in [2.05, 4.69) is 41.8 Å². The van der Waals surface area contributed by atoms with Crippen molar-refractivity contribution in [1.29, 1.82) is 0 Å². The molecule has 3 aromatic rings. The normalized spacial score (nSPS) is 13.0. The van der Waals surface area contributed by atoms with Crippen LogP contribution >= 0.6 is 0 Å². The second-order valence-corrected chi connectivity index (χ2v) is 8.68. The molecule has 2 aromatic carbocycles. The van der Waals surface area contributed by atoms with Crippen molar-refractivity contribution in [2.75, 3.05) is 0 Å². The molecule has 174 valence electrons. The number of carboxylic acids is 1. The molecule has 4 rings (SSSR count). The molecule has 0 atom stereocenters. The average Bonchev–Trinajstić information content (AvgIpc) is 2.78. The second kappa shape index (κ2) is 10.9. The van der Waals surface area contributed by atoms with Gasteiger partial charge in [-0.05, 0) is 55.9 Å². The highest BCUT2D eigenvalue weighted by atomic mass is 35.7. The molecule has 8 heteroatoms. The number of aromatic carboxylic acids is 1. The van der Waals surface area contributed by atoms with Crippen molar-refractivity contribution in [3.8, 4) is 16.9 Å². The van der Waals surface area contributed by atoms with Gasteiger partial charge in [0.2, 0.25) is 11.4 Å². The molecule has 2 N–H and O–H groups in total. The summed E-state index contributed by atoms with van der Waals surface area (Å²) in [4.78, 5) is 11.6. The van der Waals surface area contributed by atoms with Crippen LogP contribution in [0.5, 0.6) is 0 Å². The van der Waals surface area contributed by atoms with Gasteiger partial charge < -0.3 is 5.11 Å². The molecule has 0 unspecified atom stereocenters. The van der Waals surface area contributed by atoms with Crippen molar-refractivity contribution >= 4 is 5.97 Å². The molecule has 1 aliphatic carbocycles. The lowest BCUT2D eigenvalue weighted by atomic mass is 9.87. The lowest BCUT2D eigenvalue weighted by Crippen LogP contribution is -2.58. The fourth-order valence-corrected chi connectivity index (χ4v) is 4.32. The van der Waals surface area contributed by atoms with Gasteiger partial charge in [0.15, 0.2) is 5.69 Å². The van der Waals surface area contributed by atoms with Crippen molar-refractivity contribution in [1.82, 2.24) is 0 Å². The molecule has 0 fully saturated rings. The zero-order valence-electron chi connectivity index (χ0n) is 18.4. The first kappa shape index (κ1) is 24.8. The van der Waals surface area contributed by atoms with E-state index in [0.717, 1.165) is 42.6 Å². The molecule has 7 nitrogen and oxygen atoms in total. The first-order valence-electron chi connectivity index (χ1n) is 10.8. The molecule has 1 aromatic heterocycles. The summed E-state index contributed by atoms with van der Waals surface area (Å²) in [5.74, 6) is -0.890. The lowest BCUT2D eigenvalue weighted by molar-refractivity contribution is -1.92. The van der Waals surface area contributed by atoms with Crippen LogP contribution in [0, 0.1) is 10.2 Å². The van der Waals surface area contributed by atoms with Gasteiger partial charge >= 0.3 is 5.97 Å². The predicted octanol–water partition coefficient (Wildman–Crippen LogP) is 1.04. The van der Waals surface area contributed by atoms with Gasteiger partial charge in [0.25, 0.3) is 0 Å². The maximum atomic E-state index is 11.6. The fourth-order valence-electron chi connectivity index (χ4n) is 4.32. The summed E-state index contributed by atoms with van der Waals surface area (Å²) in [7, 11) is -4.69. The molecule has 0 saturated carbocycles. The van der Waals surface area contributed by atoms with Gasteiger partial charge in [0.1, 0.15) is 0 Å². The van der Waals surface area contributed by atoms with Crippen LogP contribution in [0.1, 0.15) is 53.4 Å². The molecule has 1 heterocycles. The Morgan fingerprint density at radius 3 is 2.30 bits per heavy atom. The molecule has 0 spiro atoms. The standard InChI is InChI=1S/C25H25NO2.ClHO4/c1-2-9-23-22-15-7-6-12-19(22)17-24(18-10-4-3-5-11-18)26(23)21-14-8-13-20(16-21)25(27)28;2-1(3,4)5/h3-5,8,10-11,13-14,16-17H,2,6-7,9,12,15H2,1H3;(H,2,3,4,5)/p+1. The second-order valence-electron chi connectivity index (χ2n) is 7.89.